The van der Waals surface area contributed by atoms with Gasteiger partial charge in [-0.3, -0.25) is 0 Å². The van der Waals surface area contributed by atoms with Crippen molar-refractivity contribution in [1.29, 1.82) is 0 Å². The Morgan fingerprint density at radius 2 is 1.70 bits per heavy atom. The first-order valence-electron chi connectivity index (χ1n) is 4.40. The fraction of sp³-hybridized carbons (Fsp3) is 1.00. The molecule has 0 aromatic heterocycles. The third-order valence-electron chi connectivity index (χ3n) is 2.90. The van der Waals surface area contributed by atoms with Gasteiger partial charge in [0.05, 0.1) is 6.10 Å². The van der Waals surface area contributed by atoms with Crippen molar-refractivity contribution in [2.45, 2.75) is 45.6 Å². The lowest BCUT2D eigenvalue weighted by atomic mass is 9.89. The van der Waals surface area contributed by atoms with Crippen molar-refractivity contribution in [3.8, 4) is 0 Å². The van der Waals surface area contributed by atoms with Gasteiger partial charge in [-0.15, -0.1) is 0 Å². The van der Waals surface area contributed by atoms with Gasteiger partial charge >= 0.3 is 0 Å². The molecule has 2 atom stereocenters. The van der Waals surface area contributed by atoms with Gasteiger partial charge in [-0.05, 0) is 18.8 Å². The van der Waals surface area contributed by atoms with Gasteiger partial charge in [-0.1, -0.05) is 32.6 Å². The van der Waals surface area contributed by atoms with Crippen molar-refractivity contribution < 1.29 is 5.11 Å². The first kappa shape index (κ1) is 8.06. The lowest BCUT2D eigenvalue weighted by molar-refractivity contribution is 0.100. The molecule has 10 heavy (non-hydrogen) atoms. The predicted molar refractivity (Wildman–Crippen MR) is 42.8 cm³/mol. The Morgan fingerprint density at radius 3 is 2.10 bits per heavy atom. The van der Waals surface area contributed by atoms with Crippen LogP contribution in [0.4, 0.5) is 0 Å². The maximum absolute atomic E-state index is 9.28. The first-order valence-corrected chi connectivity index (χ1v) is 4.40. The Labute approximate surface area is 63.4 Å². The molecule has 0 aromatic rings. The van der Waals surface area contributed by atoms with Crippen LogP contribution in [0.3, 0.4) is 0 Å². The average Bonchev–Trinajstić information content (AvgIpc) is 2.36. The lowest BCUT2D eigenvalue weighted by Crippen LogP contribution is -2.20. The average molecular weight is 142 g/mol. The predicted octanol–water partition coefficient (Wildman–Crippen LogP) is 2.19. The number of rotatable bonds is 2. The molecule has 1 fully saturated rings. The first-order chi connectivity index (χ1) is 4.72. The summed E-state index contributed by atoms with van der Waals surface area (Å²) in [6.45, 7) is 4.07. The van der Waals surface area contributed by atoms with Crippen LogP contribution in [0.2, 0.25) is 0 Å². The number of hydrogen-bond donors (Lipinski definition) is 1. The third kappa shape index (κ3) is 1.72. The summed E-state index contributed by atoms with van der Waals surface area (Å²) in [4.78, 5) is 0. The highest BCUT2D eigenvalue weighted by Crippen LogP contribution is 2.32. The smallest absolute Gasteiger partial charge is 0.0540 e. The molecule has 0 unspecified atom stereocenters. The van der Waals surface area contributed by atoms with E-state index < -0.39 is 0 Å². The van der Waals surface area contributed by atoms with Crippen molar-refractivity contribution >= 4 is 0 Å². The fourth-order valence-electron chi connectivity index (χ4n) is 1.88. The third-order valence-corrected chi connectivity index (χ3v) is 2.90. The molecule has 0 amide bonds. The molecule has 0 radical (unpaired) electrons. The van der Waals surface area contributed by atoms with Crippen molar-refractivity contribution in [1.82, 2.24) is 0 Å². The summed E-state index contributed by atoms with van der Waals surface area (Å²) in [5.74, 6) is 1.32. The van der Waals surface area contributed by atoms with Gasteiger partial charge in [0, 0.05) is 0 Å². The van der Waals surface area contributed by atoms with Crippen molar-refractivity contribution in [3.63, 3.8) is 0 Å². The van der Waals surface area contributed by atoms with E-state index in [9.17, 15) is 5.11 Å². The summed E-state index contributed by atoms with van der Waals surface area (Å²) in [6.07, 6.45) is 5.32. The Morgan fingerprint density at radius 1 is 1.20 bits per heavy atom. The Balaban J connectivity index is 2.32. The SMILES string of the molecule is C[C@H](O)[C@H](C)C1CCCC1. The molecule has 1 aliphatic rings. The topological polar surface area (TPSA) is 20.2 Å². The highest BCUT2D eigenvalue weighted by molar-refractivity contribution is 4.75. The Bertz CT molecular complexity index is 92.9. The summed E-state index contributed by atoms with van der Waals surface area (Å²) >= 11 is 0. The van der Waals surface area contributed by atoms with Crippen LogP contribution in [-0.2, 0) is 0 Å². The molecule has 1 N–H and O–H groups in total. The van der Waals surface area contributed by atoms with E-state index in [1.807, 2.05) is 6.92 Å². The summed E-state index contributed by atoms with van der Waals surface area (Å²) < 4.78 is 0. The molecule has 0 saturated heterocycles. The quantitative estimate of drug-likeness (QED) is 0.626. The minimum Gasteiger partial charge on any atom is -0.393 e. The number of aliphatic hydroxyl groups excluding tert-OH is 1. The molecular weight excluding hydrogens is 124 g/mol. The van der Waals surface area contributed by atoms with Gasteiger partial charge in [0.1, 0.15) is 0 Å². The largest absolute Gasteiger partial charge is 0.393 e. The van der Waals surface area contributed by atoms with E-state index in [-0.39, 0.29) is 6.10 Å². The Kier molecular flexibility index (Phi) is 2.72. The van der Waals surface area contributed by atoms with Gasteiger partial charge in [-0.2, -0.15) is 0 Å². The zero-order chi connectivity index (χ0) is 7.56. The van der Waals surface area contributed by atoms with E-state index in [2.05, 4.69) is 6.92 Å². The van der Waals surface area contributed by atoms with Gasteiger partial charge in [-0.25, -0.2) is 0 Å². The standard InChI is InChI=1S/C9H18O/c1-7(8(2)10)9-5-3-4-6-9/h7-10H,3-6H2,1-2H3/t7-,8-/m0/s1. The van der Waals surface area contributed by atoms with Crippen LogP contribution < -0.4 is 0 Å². The van der Waals surface area contributed by atoms with Crippen LogP contribution in [0.25, 0.3) is 0 Å². The second-order valence-corrected chi connectivity index (χ2v) is 3.64. The van der Waals surface area contributed by atoms with E-state index in [0.717, 1.165) is 5.92 Å². The van der Waals surface area contributed by atoms with Crippen LogP contribution in [-0.4, -0.2) is 11.2 Å². The van der Waals surface area contributed by atoms with E-state index in [1.54, 1.807) is 0 Å². The van der Waals surface area contributed by atoms with Crippen molar-refractivity contribution in [2.24, 2.45) is 11.8 Å². The monoisotopic (exact) mass is 142 g/mol. The zero-order valence-electron chi connectivity index (χ0n) is 7.01. The van der Waals surface area contributed by atoms with Crippen LogP contribution in [0.1, 0.15) is 39.5 Å². The highest BCUT2D eigenvalue weighted by Gasteiger charge is 2.24. The van der Waals surface area contributed by atoms with E-state index >= 15 is 0 Å². The lowest BCUT2D eigenvalue weighted by Gasteiger charge is -2.21. The summed E-state index contributed by atoms with van der Waals surface area (Å²) in [7, 11) is 0. The van der Waals surface area contributed by atoms with Crippen molar-refractivity contribution in [3.05, 3.63) is 0 Å². The van der Waals surface area contributed by atoms with E-state index in [0.29, 0.717) is 5.92 Å². The molecule has 0 heterocycles. The maximum Gasteiger partial charge on any atom is 0.0540 e. The number of hydrogen-bond acceptors (Lipinski definition) is 1. The summed E-state index contributed by atoms with van der Waals surface area (Å²) in [5, 5.41) is 9.28. The minimum absolute atomic E-state index is 0.108. The van der Waals surface area contributed by atoms with Crippen molar-refractivity contribution in [2.75, 3.05) is 0 Å². The zero-order valence-corrected chi connectivity index (χ0v) is 7.01. The maximum atomic E-state index is 9.28. The molecule has 0 bridgehead atoms. The van der Waals surface area contributed by atoms with Crippen LogP contribution in [0.5, 0.6) is 0 Å². The van der Waals surface area contributed by atoms with E-state index in [1.165, 1.54) is 25.7 Å². The minimum atomic E-state index is -0.108. The molecule has 0 aliphatic heterocycles. The normalized spacial score (nSPS) is 26.7. The fourth-order valence-corrected chi connectivity index (χ4v) is 1.88. The highest BCUT2D eigenvalue weighted by atomic mass is 16.3. The molecule has 1 nitrogen and oxygen atoms in total. The van der Waals surface area contributed by atoms with Gasteiger partial charge in [0.25, 0.3) is 0 Å². The van der Waals surface area contributed by atoms with Crippen LogP contribution in [0, 0.1) is 11.8 Å². The second-order valence-electron chi connectivity index (χ2n) is 3.64. The molecule has 1 saturated carbocycles. The van der Waals surface area contributed by atoms with E-state index in [4.69, 9.17) is 0 Å². The molecule has 1 heteroatoms. The second kappa shape index (κ2) is 3.38. The van der Waals surface area contributed by atoms with Crippen LogP contribution in [0.15, 0.2) is 0 Å². The molecule has 1 aliphatic carbocycles. The molecule has 0 spiro atoms. The summed E-state index contributed by atoms with van der Waals surface area (Å²) in [6, 6.07) is 0. The van der Waals surface area contributed by atoms with Crippen LogP contribution >= 0.6 is 0 Å². The Hall–Kier alpha value is -0.0400. The molecule has 1 rings (SSSR count). The van der Waals surface area contributed by atoms with Gasteiger partial charge in [0.2, 0.25) is 0 Å². The van der Waals surface area contributed by atoms with Gasteiger partial charge in [0.15, 0.2) is 0 Å². The number of aliphatic hydroxyl groups is 1. The molecule has 60 valence electrons. The molecule has 0 aromatic carbocycles. The van der Waals surface area contributed by atoms with Gasteiger partial charge < -0.3 is 5.11 Å². The summed E-state index contributed by atoms with van der Waals surface area (Å²) in [5.41, 5.74) is 0. The molecular formula is C9H18O.